The van der Waals surface area contributed by atoms with E-state index >= 15 is 0 Å². The standard InChI is InChI=1S/C14H9BrClFO2/c1-19-9-4-2-8(3-5-9)14(18)10-6-7-11(15)12(16)13(10)17/h2-7H,1H3. The number of ether oxygens (including phenoxy) is 1. The molecule has 0 aliphatic carbocycles. The van der Waals surface area contributed by atoms with Crippen LogP contribution in [0.4, 0.5) is 4.39 Å². The zero-order valence-electron chi connectivity index (χ0n) is 9.91. The number of rotatable bonds is 3. The van der Waals surface area contributed by atoms with E-state index in [0.717, 1.165) is 0 Å². The van der Waals surface area contributed by atoms with E-state index in [0.29, 0.717) is 15.8 Å². The molecule has 98 valence electrons. The first-order valence-corrected chi connectivity index (χ1v) is 6.54. The molecule has 0 heterocycles. The highest BCUT2D eigenvalue weighted by Gasteiger charge is 2.17. The third kappa shape index (κ3) is 2.80. The molecule has 2 aromatic rings. The topological polar surface area (TPSA) is 26.3 Å². The number of carbonyl (C=O) groups excluding carboxylic acids is 1. The molecule has 0 saturated heterocycles. The van der Waals surface area contributed by atoms with Crippen LogP contribution in [0.5, 0.6) is 5.75 Å². The van der Waals surface area contributed by atoms with Gasteiger partial charge in [0.1, 0.15) is 5.75 Å². The Balaban J connectivity index is 2.41. The summed E-state index contributed by atoms with van der Waals surface area (Å²) < 4.78 is 19.4. The van der Waals surface area contributed by atoms with Gasteiger partial charge in [-0.15, -0.1) is 0 Å². The highest BCUT2D eigenvalue weighted by atomic mass is 79.9. The van der Waals surface area contributed by atoms with Crippen LogP contribution in [0.3, 0.4) is 0 Å². The number of ketones is 1. The third-order valence-electron chi connectivity index (χ3n) is 2.63. The number of carbonyl (C=O) groups is 1. The predicted octanol–water partition coefficient (Wildman–Crippen LogP) is 4.48. The first-order chi connectivity index (χ1) is 9.04. The highest BCUT2D eigenvalue weighted by molar-refractivity contribution is 9.10. The van der Waals surface area contributed by atoms with E-state index in [1.54, 1.807) is 30.3 Å². The normalized spacial score (nSPS) is 10.3. The van der Waals surface area contributed by atoms with Crippen LogP contribution in [0.15, 0.2) is 40.9 Å². The van der Waals surface area contributed by atoms with Crippen LogP contribution in [0.25, 0.3) is 0 Å². The molecule has 5 heteroatoms. The predicted molar refractivity (Wildman–Crippen MR) is 75.5 cm³/mol. The largest absolute Gasteiger partial charge is 0.497 e. The molecule has 0 spiro atoms. The number of halogens is 3. The number of hydrogen-bond donors (Lipinski definition) is 0. The van der Waals surface area contributed by atoms with Gasteiger partial charge in [-0.3, -0.25) is 4.79 Å². The number of hydrogen-bond acceptors (Lipinski definition) is 2. The maximum Gasteiger partial charge on any atom is 0.196 e. The van der Waals surface area contributed by atoms with Crippen LogP contribution >= 0.6 is 27.5 Å². The van der Waals surface area contributed by atoms with Gasteiger partial charge in [-0.2, -0.15) is 0 Å². The molecule has 19 heavy (non-hydrogen) atoms. The van der Waals surface area contributed by atoms with E-state index in [1.807, 2.05) is 0 Å². The summed E-state index contributed by atoms with van der Waals surface area (Å²) in [6, 6.07) is 9.39. The van der Waals surface area contributed by atoms with Crippen molar-refractivity contribution < 1.29 is 13.9 Å². The summed E-state index contributed by atoms with van der Waals surface area (Å²) in [7, 11) is 1.53. The molecule has 0 unspecified atom stereocenters. The minimum Gasteiger partial charge on any atom is -0.497 e. The van der Waals surface area contributed by atoms with Gasteiger partial charge in [0.25, 0.3) is 0 Å². The third-order valence-corrected chi connectivity index (χ3v) is 3.89. The molecule has 0 N–H and O–H groups in total. The van der Waals surface area contributed by atoms with Gasteiger partial charge in [0.15, 0.2) is 11.6 Å². The lowest BCUT2D eigenvalue weighted by Gasteiger charge is -2.06. The quantitative estimate of drug-likeness (QED) is 0.606. The molecule has 0 atom stereocenters. The molecule has 0 fully saturated rings. The molecule has 0 radical (unpaired) electrons. The van der Waals surface area contributed by atoms with Crippen molar-refractivity contribution in [2.45, 2.75) is 0 Å². The second-order valence-electron chi connectivity index (χ2n) is 3.78. The SMILES string of the molecule is COc1ccc(C(=O)c2ccc(Br)c(Cl)c2F)cc1. The molecule has 0 amide bonds. The summed E-state index contributed by atoms with van der Waals surface area (Å²) in [4.78, 5) is 12.2. The van der Waals surface area contributed by atoms with Gasteiger partial charge >= 0.3 is 0 Å². The monoisotopic (exact) mass is 342 g/mol. The Morgan fingerprint density at radius 1 is 1.21 bits per heavy atom. The van der Waals surface area contributed by atoms with Crippen molar-refractivity contribution in [3.63, 3.8) is 0 Å². The summed E-state index contributed by atoms with van der Waals surface area (Å²) >= 11 is 8.87. The van der Waals surface area contributed by atoms with E-state index in [1.165, 1.54) is 13.2 Å². The lowest BCUT2D eigenvalue weighted by atomic mass is 10.0. The lowest BCUT2D eigenvalue weighted by molar-refractivity contribution is 0.103. The maximum absolute atomic E-state index is 13.9. The van der Waals surface area contributed by atoms with Crippen molar-refractivity contribution in [2.75, 3.05) is 7.11 Å². The second-order valence-corrected chi connectivity index (χ2v) is 5.01. The van der Waals surface area contributed by atoms with Crippen LogP contribution in [-0.2, 0) is 0 Å². The second kappa shape index (κ2) is 5.72. The highest BCUT2D eigenvalue weighted by Crippen LogP contribution is 2.28. The van der Waals surface area contributed by atoms with Crippen molar-refractivity contribution >= 4 is 33.3 Å². The lowest BCUT2D eigenvalue weighted by Crippen LogP contribution is -2.05. The van der Waals surface area contributed by atoms with Crippen molar-refractivity contribution in [3.05, 3.63) is 62.8 Å². The van der Waals surface area contributed by atoms with Crippen molar-refractivity contribution in [1.82, 2.24) is 0 Å². The average Bonchev–Trinajstić information content (AvgIpc) is 2.44. The Morgan fingerprint density at radius 2 is 1.84 bits per heavy atom. The number of benzene rings is 2. The van der Waals surface area contributed by atoms with Crippen molar-refractivity contribution in [1.29, 1.82) is 0 Å². The van der Waals surface area contributed by atoms with Crippen LogP contribution in [0, 0.1) is 5.82 Å². The Bertz CT molecular complexity index is 626. The first kappa shape index (κ1) is 14.0. The van der Waals surface area contributed by atoms with E-state index in [2.05, 4.69) is 15.9 Å². The van der Waals surface area contributed by atoms with E-state index < -0.39 is 11.6 Å². The van der Waals surface area contributed by atoms with E-state index in [4.69, 9.17) is 16.3 Å². The fourth-order valence-electron chi connectivity index (χ4n) is 1.60. The van der Waals surface area contributed by atoms with Gasteiger partial charge in [0.2, 0.25) is 0 Å². The zero-order chi connectivity index (χ0) is 14.0. The summed E-state index contributed by atoms with van der Waals surface area (Å²) in [5.74, 6) is -0.516. The molecule has 0 aromatic heterocycles. The minimum absolute atomic E-state index is 0.0571. The molecule has 0 saturated carbocycles. The van der Waals surface area contributed by atoms with Crippen LogP contribution < -0.4 is 4.74 Å². The Kier molecular flexibility index (Phi) is 4.22. The molecule has 2 aromatic carbocycles. The van der Waals surface area contributed by atoms with Crippen LogP contribution in [0.1, 0.15) is 15.9 Å². The van der Waals surface area contributed by atoms with Gasteiger partial charge in [-0.25, -0.2) is 4.39 Å². The van der Waals surface area contributed by atoms with Gasteiger partial charge in [-0.1, -0.05) is 11.6 Å². The molecule has 2 rings (SSSR count). The summed E-state index contributed by atoms with van der Waals surface area (Å²) in [6.45, 7) is 0. The molecule has 0 aliphatic heterocycles. The Morgan fingerprint density at radius 3 is 2.42 bits per heavy atom. The average molecular weight is 344 g/mol. The summed E-state index contributed by atoms with van der Waals surface area (Å²) in [5, 5.41) is -0.0978. The van der Waals surface area contributed by atoms with Crippen molar-refractivity contribution in [2.24, 2.45) is 0 Å². The Labute approximate surface area is 123 Å². The van der Waals surface area contributed by atoms with Gasteiger partial charge in [0, 0.05) is 10.0 Å². The van der Waals surface area contributed by atoms with Crippen LogP contribution in [-0.4, -0.2) is 12.9 Å². The molecule has 0 bridgehead atoms. The van der Waals surface area contributed by atoms with Crippen molar-refractivity contribution in [3.8, 4) is 5.75 Å². The van der Waals surface area contributed by atoms with Gasteiger partial charge in [0.05, 0.1) is 17.7 Å². The van der Waals surface area contributed by atoms with Crippen LogP contribution in [0.2, 0.25) is 5.02 Å². The van der Waals surface area contributed by atoms with Gasteiger partial charge < -0.3 is 4.74 Å². The summed E-state index contributed by atoms with van der Waals surface area (Å²) in [5.41, 5.74) is 0.316. The molecular weight excluding hydrogens is 335 g/mol. The number of methoxy groups -OCH3 is 1. The van der Waals surface area contributed by atoms with Gasteiger partial charge in [-0.05, 0) is 52.3 Å². The first-order valence-electron chi connectivity index (χ1n) is 5.37. The zero-order valence-corrected chi connectivity index (χ0v) is 12.3. The molecule has 2 nitrogen and oxygen atoms in total. The minimum atomic E-state index is -0.725. The van der Waals surface area contributed by atoms with E-state index in [-0.39, 0.29) is 10.6 Å². The fraction of sp³-hybridized carbons (Fsp3) is 0.0714. The fourth-order valence-corrected chi connectivity index (χ4v) is 2.07. The molecule has 0 aliphatic rings. The Hall–Kier alpha value is -1.39. The van der Waals surface area contributed by atoms with E-state index in [9.17, 15) is 9.18 Å². The smallest absolute Gasteiger partial charge is 0.196 e. The maximum atomic E-state index is 13.9. The molecular formula is C14H9BrClFO2. The summed E-state index contributed by atoms with van der Waals surface area (Å²) in [6.07, 6.45) is 0.